The molecule has 1 unspecified atom stereocenters. The summed E-state index contributed by atoms with van der Waals surface area (Å²) < 4.78 is 6.78. The number of hydrogen-bond acceptors (Lipinski definition) is 5. The van der Waals surface area contributed by atoms with Crippen molar-refractivity contribution in [3.63, 3.8) is 0 Å². The lowest BCUT2D eigenvalue weighted by Gasteiger charge is -2.29. The standard InChI is InChI=1S/C22H27Cl2N5O2/c23-18-12-25-29(14-18)21(30)28-6-4-22(16-28)3-5-26(15-22)13-17-1-2-19(11-20(17)24)27-7-9-31-10-8-27/h1-2,11-12,14H,3-10,13,15-16H2. The first-order chi connectivity index (χ1) is 15.0. The van der Waals surface area contributed by atoms with Crippen molar-refractivity contribution in [2.45, 2.75) is 19.4 Å². The summed E-state index contributed by atoms with van der Waals surface area (Å²) in [7, 11) is 0. The topological polar surface area (TPSA) is 53.8 Å². The fourth-order valence-electron chi connectivity index (χ4n) is 5.07. The van der Waals surface area contributed by atoms with E-state index in [-0.39, 0.29) is 11.4 Å². The molecule has 3 saturated heterocycles. The predicted molar refractivity (Wildman–Crippen MR) is 121 cm³/mol. The average Bonchev–Trinajstić information content (AvgIpc) is 3.51. The number of rotatable bonds is 3. The van der Waals surface area contributed by atoms with Crippen molar-refractivity contribution in [1.29, 1.82) is 0 Å². The first kappa shape index (κ1) is 21.1. The molecule has 1 amide bonds. The number of anilines is 1. The molecule has 1 atom stereocenters. The Kier molecular flexibility index (Phi) is 5.86. The van der Waals surface area contributed by atoms with Crippen LogP contribution in [0.3, 0.4) is 0 Å². The minimum Gasteiger partial charge on any atom is -0.378 e. The van der Waals surface area contributed by atoms with Crippen LogP contribution in [0.25, 0.3) is 0 Å². The second-order valence-corrected chi connectivity index (χ2v) is 9.74. The highest BCUT2D eigenvalue weighted by Gasteiger charge is 2.45. The zero-order valence-electron chi connectivity index (χ0n) is 17.5. The number of ether oxygens (including phenoxy) is 1. The van der Waals surface area contributed by atoms with Gasteiger partial charge in [-0.15, -0.1) is 0 Å². The second-order valence-electron chi connectivity index (χ2n) is 8.89. The second kappa shape index (κ2) is 8.62. The number of benzene rings is 1. The van der Waals surface area contributed by atoms with Crippen molar-refractivity contribution in [2.75, 3.05) is 57.4 Å². The first-order valence-electron chi connectivity index (χ1n) is 10.8. The molecule has 166 valence electrons. The Hall–Kier alpha value is -1.80. The Morgan fingerprint density at radius 1 is 1.10 bits per heavy atom. The fraction of sp³-hybridized carbons (Fsp3) is 0.545. The van der Waals surface area contributed by atoms with Gasteiger partial charge in [0.2, 0.25) is 0 Å². The van der Waals surface area contributed by atoms with E-state index in [1.54, 1.807) is 6.20 Å². The summed E-state index contributed by atoms with van der Waals surface area (Å²) in [5.41, 5.74) is 2.48. The summed E-state index contributed by atoms with van der Waals surface area (Å²) in [6, 6.07) is 6.32. The number of nitrogens with zero attached hydrogens (tertiary/aromatic N) is 5. The van der Waals surface area contributed by atoms with Crippen LogP contribution in [0.1, 0.15) is 18.4 Å². The summed E-state index contributed by atoms with van der Waals surface area (Å²) in [6.07, 6.45) is 5.18. The lowest BCUT2D eigenvalue weighted by molar-refractivity contribution is 0.122. The first-order valence-corrected chi connectivity index (χ1v) is 11.6. The van der Waals surface area contributed by atoms with E-state index in [0.717, 1.165) is 82.5 Å². The van der Waals surface area contributed by atoms with Crippen LogP contribution in [0.4, 0.5) is 10.5 Å². The normalized spacial score (nSPS) is 24.5. The van der Waals surface area contributed by atoms with Gasteiger partial charge < -0.3 is 14.5 Å². The molecule has 0 aliphatic carbocycles. The van der Waals surface area contributed by atoms with E-state index >= 15 is 0 Å². The smallest absolute Gasteiger partial charge is 0.344 e. The number of aromatic nitrogens is 2. The summed E-state index contributed by atoms with van der Waals surface area (Å²) >= 11 is 12.6. The van der Waals surface area contributed by atoms with Crippen LogP contribution < -0.4 is 4.90 Å². The molecule has 3 aliphatic rings. The van der Waals surface area contributed by atoms with Crippen molar-refractivity contribution in [3.05, 3.63) is 46.2 Å². The highest BCUT2D eigenvalue weighted by atomic mass is 35.5. The molecule has 0 bridgehead atoms. The average molecular weight is 464 g/mol. The van der Waals surface area contributed by atoms with E-state index in [4.69, 9.17) is 27.9 Å². The largest absolute Gasteiger partial charge is 0.378 e. The van der Waals surface area contributed by atoms with Crippen LogP contribution in [0.5, 0.6) is 0 Å². The van der Waals surface area contributed by atoms with Crippen molar-refractivity contribution < 1.29 is 9.53 Å². The van der Waals surface area contributed by atoms with Crippen LogP contribution in [0.15, 0.2) is 30.6 Å². The number of amides is 1. The highest BCUT2D eigenvalue weighted by molar-refractivity contribution is 6.31. The SMILES string of the molecule is O=C(N1CCC2(CCN(Cc3ccc(N4CCOCC4)cc3Cl)C2)C1)n1cc(Cl)cn1. The Bertz CT molecular complexity index is 961. The summed E-state index contributed by atoms with van der Waals surface area (Å²) in [4.78, 5) is 19.4. The van der Waals surface area contributed by atoms with E-state index in [2.05, 4.69) is 33.1 Å². The minimum atomic E-state index is -0.0935. The van der Waals surface area contributed by atoms with E-state index < -0.39 is 0 Å². The Morgan fingerprint density at radius 2 is 1.90 bits per heavy atom. The molecule has 1 aromatic heterocycles. The summed E-state index contributed by atoms with van der Waals surface area (Å²) in [5.74, 6) is 0. The predicted octanol–water partition coefficient (Wildman–Crippen LogP) is 3.59. The highest BCUT2D eigenvalue weighted by Crippen LogP contribution is 2.40. The maximum atomic E-state index is 12.7. The van der Waals surface area contributed by atoms with Gasteiger partial charge in [-0.05, 0) is 37.1 Å². The summed E-state index contributed by atoms with van der Waals surface area (Å²) in [5, 5.41) is 5.36. The fourth-order valence-corrected chi connectivity index (χ4v) is 5.44. The van der Waals surface area contributed by atoms with Crippen LogP contribution in [-0.4, -0.2) is 78.1 Å². The molecule has 0 saturated carbocycles. The van der Waals surface area contributed by atoms with Gasteiger partial charge in [0, 0.05) is 55.4 Å². The van der Waals surface area contributed by atoms with E-state index in [9.17, 15) is 4.79 Å². The third-order valence-electron chi connectivity index (χ3n) is 6.78. The number of carbonyl (C=O) groups is 1. The molecule has 3 fully saturated rings. The van der Waals surface area contributed by atoms with Gasteiger partial charge in [-0.2, -0.15) is 9.78 Å². The maximum absolute atomic E-state index is 12.7. The van der Waals surface area contributed by atoms with Gasteiger partial charge in [-0.1, -0.05) is 29.3 Å². The third-order valence-corrected chi connectivity index (χ3v) is 7.33. The van der Waals surface area contributed by atoms with E-state index in [1.165, 1.54) is 16.6 Å². The maximum Gasteiger partial charge on any atom is 0.344 e. The molecule has 1 spiro atoms. The minimum absolute atomic E-state index is 0.0935. The van der Waals surface area contributed by atoms with Gasteiger partial charge in [-0.25, -0.2) is 4.79 Å². The van der Waals surface area contributed by atoms with Crippen molar-refractivity contribution >= 4 is 34.9 Å². The van der Waals surface area contributed by atoms with Gasteiger partial charge in [0.25, 0.3) is 0 Å². The molecule has 1 aromatic carbocycles. The molecule has 4 heterocycles. The lowest BCUT2D eigenvalue weighted by atomic mass is 9.86. The molecular weight excluding hydrogens is 437 g/mol. The number of halogens is 2. The van der Waals surface area contributed by atoms with E-state index in [1.807, 2.05) is 4.90 Å². The molecule has 2 aromatic rings. The molecule has 0 radical (unpaired) electrons. The van der Waals surface area contributed by atoms with Crippen LogP contribution >= 0.6 is 23.2 Å². The van der Waals surface area contributed by atoms with Gasteiger partial charge in [0.15, 0.2) is 0 Å². The Morgan fingerprint density at radius 3 is 2.65 bits per heavy atom. The van der Waals surface area contributed by atoms with Gasteiger partial charge in [0.05, 0.1) is 30.6 Å². The van der Waals surface area contributed by atoms with Crippen molar-refractivity contribution in [2.24, 2.45) is 5.41 Å². The zero-order valence-corrected chi connectivity index (χ0v) is 19.0. The molecule has 3 aliphatic heterocycles. The van der Waals surface area contributed by atoms with Gasteiger partial charge in [0.1, 0.15) is 0 Å². The molecule has 7 nitrogen and oxygen atoms in total. The number of morpholine rings is 1. The molecule has 9 heteroatoms. The van der Waals surface area contributed by atoms with Crippen LogP contribution in [0, 0.1) is 5.41 Å². The number of carbonyl (C=O) groups excluding carboxylic acids is 1. The molecule has 0 N–H and O–H groups in total. The zero-order chi connectivity index (χ0) is 21.4. The van der Waals surface area contributed by atoms with Crippen LogP contribution in [0.2, 0.25) is 10.0 Å². The monoisotopic (exact) mass is 463 g/mol. The van der Waals surface area contributed by atoms with Gasteiger partial charge in [-0.3, -0.25) is 4.90 Å². The molecule has 31 heavy (non-hydrogen) atoms. The third kappa shape index (κ3) is 4.42. The Labute approximate surface area is 192 Å². The molecule has 5 rings (SSSR count). The quantitative estimate of drug-likeness (QED) is 0.695. The van der Waals surface area contributed by atoms with Crippen molar-refractivity contribution in [3.8, 4) is 0 Å². The molecular formula is C22H27Cl2N5O2. The van der Waals surface area contributed by atoms with Gasteiger partial charge >= 0.3 is 6.03 Å². The Balaban J connectivity index is 1.20. The number of hydrogen-bond donors (Lipinski definition) is 0. The van der Waals surface area contributed by atoms with Crippen molar-refractivity contribution in [1.82, 2.24) is 19.6 Å². The lowest BCUT2D eigenvalue weighted by Crippen LogP contribution is -2.36. The summed E-state index contributed by atoms with van der Waals surface area (Å²) in [6.45, 7) is 7.73. The number of likely N-dealkylation sites (tertiary alicyclic amines) is 2. The van der Waals surface area contributed by atoms with E-state index in [0.29, 0.717) is 5.02 Å². The van der Waals surface area contributed by atoms with Crippen LogP contribution in [-0.2, 0) is 11.3 Å².